The lowest BCUT2D eigenvalue weighted by atomic mass is 10.1. The Hall–Kier alpha value is -3.77. The summed E-state index contributed by atoms with van der Waals surface area (Å²) in [6.07, 6.45) is 1.01. The number of fused-ring (bicyclic) bond motifs is 2. The molecule has 4 aromatic rings. The molecule has 0 radical (unpaired) electrons. The minimum atomic E-state index is 0.0153. The Morgan fingerprint density at radius 1 is 1.13 bits per heavy atom. The van der Waals surface area contributed by atoms with Crippen LogP contribution in [0.1, 0.15) is 6.92 Å². The van der Waals surface area contributed by atoms with E-state index in [0.717, 1.165) is 61.8 Å². The largest absolute Gasteiger partial charge is 0.459 e. The molecule has 0 aliphatic carbocycles. The van der Waals surface area contributed by atoms with Gasteiger partial charge in [0, 0.05) is 59.8 Å². The number of hydrogen-bond acceptors (Lipinski definition) is 10. The maximum absolute atomic E-state index is 11.0. The summed E-state index contributed by atoms with van der Waals surface area (Å²) in [4.78, 5) is 37.2. The monoisotopic (exact) mass is 519 g/mol. The zero-order valence-corrected chi connectivity index (χ0v) is 22.2. The Bertz CT molecular complexity index is 1470. The molecule has 5 heterocycles. The van der Waals surface area contributed by atoms with E-state index in [1.54, 1.807) is 0 Å². The summed E-state index contributed by atoms with van der Waals surface area (Å²) in [5.74, 6) is 2.05. The molecule has 2 saturated heterocycles. The number of imidazole rings is 2. The van der Waals surface area contributed by atoms with E-state index in [1.165, 1.54) is 0 Å². The lowest BCUT2D eigenvalue weighted by molar-refractivity contribution is -0.112. The number of rotatable bonds is 8. The van der Waals surface area contributed by atoms with Crippen LogP contribution in [0.3, 0.4) is 0 Å². The first-order valence-electron chi connectivity index (χ1n) is 13.0. The van der Waals surface area contributed by atoms with E-state index in [9.17, 15) is 4.79 Å². The highest BCUT2D eigenvalue weighted by atomic mass is 16.5. The zero-order valence-electron chi connectivity index (χ0n) is 22.2. The van der Waals surface area contributed by atoms with Crippen LogP contribution in [0.15, 0.2) is 24.3 Å². The third-order valence-corrected chi connectivity index (χ3v) is 7.08. The van der Waals surface area contributed by atoms with Crippen LogP contribution >= 0.6 is 0 Å². The predicted octanol–water partition coefficient (Wildman–Crippen LogP) is 1.50. The molecule has 6 rings (SSSR count). The average molecular weight is 520 g/mol. The molecule has 1 aromatic carbocycles. The summed E-state index contributed by atoms with van der Waals surface area (Å²) in [5, 5.41) is 0. The Balaban J connectivity index is 1.42. The molecule has 12 nitrogen and oxygen atoms in total. The molecule has 2 aliphatic rings. The summed E-state index contributed by atoms with van der Waals surface area (Å²) in [5.41, 5.74) is 3.20. The molecule has 0 saturated carbocycles. The van der Waals surface area contributed by atoms with Crippen LogP contribution in [-0.4, -0.2) is 106 Å². The number of morpholine rings is 1. The van der Waals surface area contributed by atoms with Crippen molar-refractivity contribution < 1.29 is 14.3 Å². The number of carbonyl (C=O) groups is 1. The molecule has 2 fully saturated rings. The van der Waals surface area contributed by atoms with Gasteiger partial charge in [0.05, 0.1) is 24.2 Å². The van der Waals surface area contributed by atoms with Gasteiger partial charge in [0.15, 0.2) is 17.0 Å². The van der Waals surface area contributed by atoms with Crippen molar-refractivity contribution >= 4 is 40.2 Å². The van der Waals surface area contributed by atoms with Gasteiger partial charge < -0.3 is 24.1 Å². The Kier molecular flexibility index (Phi) is 6.36. The van der Waals surface area contributed by atoms with Gasteiger partial charge >= 0.3 is 0 Å². The van der Waals surface area contributed by atoms with Gasteiger partial charge in [-0.3, -0.25) is 9.47 Å². The van der Waals surface area contributed by atoms with Crippen LogP contribution < -0.4 is 14.5 Å². The van der Waals surface area contributed by atoms with Crippen LogP contribution in [0.25, 0.3) is 28.1 Å². The quantitative estimate of drug-likeness (QED) is 0.318. The van der Waals surface area contributed by atoms with E-state index in [0.29, 0.717) is 36.3 Å². The van der Waals surface area contributed by atoms with Crippen LogP contribution in [-0.2, 0) is 16.6 Å². The van der Waals surface area contributed by atoms with Crippen LogP contribution in [0.5, 0.6) is 6.01 Å². The molecule has 0 amide bonds. The van der Waals surface area contributed by atoms with Crippen LogP contribution in [0.2, 0.25) is 0 Å². The first kappa shape index (κ1) is 24.6. The highest BCUT2D eigenvalue weighted by molar-refractivity contribution is 5.87. The highest BCUT2D eigenvalue weighted by Gasteiger charge is 2.32. The maximum Gasteiger partial charge on any atom is 0.298 e. The van der Waals surface area contributed by atoms with Crippen molar-refractivity contribution in [3.8, 4) is 12.0 Å². The summed E-state index contributed by atoms with van der Waals surface area (Å²) in [7, 11) is 5.86. The number of carbonyl (C=O) groups excluding carboxylic acids is 1. The van der Waals surface area contributed by atoms with Crippen molar-refractivity contribution in [2.75, 3.05) is 69.8 Å². The number of nitrogens with zero attached hydrogens (tertiary/aromatic N) is 9. The van der Waals surface area contributed by atoms with Gasteiger partial charge in [-0.1, -0.05) is 19.1 Å². The van der Waals surface area contributed by atoms with Crippen LogP contribution in [0.4, 0.5) is 11.8 Å². The van der Waals surface area contributed by atoms with Gasteiger partial charge in [0.1, 0.15) is 12.4 Å². The van der Waals surface area contributed by atoms with Gasteiger partial charge in [0.25, 0.3) is 6.01 Å². The minimum Gasteiger partial charge on any atom is -0.459 e. The van der Waals surface area contributed by atoms with Crippen molar-refractivity contribution in [1.82, 2.24) is 34.0 Å². The molecule has 2 aliphatic heterocycles. The fourth-order valence-corrected chi connectivity index (χ4v) is 5.07. The smallest absolute Gasteiger partial charge is 0.298 e. The number of aromatic nitrogens is 6. The Morgan fingerprint density at radius 2 is 1.89 bits per heavy atom. The lowest BCUT2D eigenvalue weighted by Gasteiger charge is -2.39. The summed E-state index contributed by atoms with van der Waals surface area (Å²) < 4.78 is 15.8. The van der Waals surface area contributed by atoms with Crippen molar-refractivity contribution in [3.63, 3.8) is 0 Å². The summed E-state index contributed by atoms with van der Waals surface area (Å²) in [6.45, 7) is 6.90. The molecule has 3 aromatic heterocycles. The molecular weight excluding hydrogens is 486 g/mol. The summed E-state index contributed by atoms with van der Waals surface area (Å²) in [6, 6.07) is 8.51. The Morgan fingerprint density at radius 3 is 2.63 bits per heavy atom. The minimum absolute atomic E-state index is 0.0153. The predicted molar refractivity (Wildman–Crippen MR) is 144 cm³/mol. The van der Waals surface area contributed by atoms with E-state index < -0.39 is 0 Å². The molecule has 0 bridgehead atoms. The number of aryl methyl sites for hydroxylation is 1. The van der Waals surface area contributed by atoms with Crippen molar-refractivity contribution in [2.45, 2.75) is 13.0 Å². The number of para-hydroxylation sites is 2. The van der Waals surface area contributed by atoms with E-state index in [1.807, 2.05) is 66.4 Å². The van der Waals surface area contributed by atoms with Crippen molar-refractivity contribution in [3.05, 3.63) is 24.3 Å². The van der Waals surface area contributed by atoms with E-state index in [4.69, 9.17) is 29.4 Å². The lowest BCUT2D eigenvalue weighted by Crippen LogP contribution is -2.55. The van der Waals surface area contributed by atoms with Gasteiger partial charge in [0.2, 0.25) is 11.9 Å². The van der Waals surface area contributed by atoms with E-state index >= 15 is 0 Å². The van der Waals surface area contributed by atoms with E-state index in [2.05, 4.69) is 9.80 Å². The van der Waals surface area contributed by atoms with Gasteiger partial charge in [-0.25, -0.2) is 9.55 Å². The average Bonchev–Trinajstić information content (AvgIpc) is 3.45. The molecule has 1 unspecified atom stereocenters. The number of ether oxygens (including phenoxy) is 2. The molecule has 200 valence electrons. The van der Waals surface area contributed by atoms with Crippen molar-refractivity contribution in [2.24, 2.45) is 13.0 Å². The maximum atomic E-state index is 11.0. The summed E-state index contributed by atoms with van der Waals surface area (Å²) >= 11 is 0. The van der Waals surface area contributed by atoms with Crippen LogP contribution in [0, 0.1) is 5.92 Å². The second-order valence-corrected chi connectivity index (χ2v) is 10.3. The third-order valence-electron chi connectivity index (χ3n) is 7.08. The third kappa shape index (κ3) is 4.33. The highest BCUT2D eigenvalue weighted by Crippen LogP contribution is 2.32. The first-order chi connectivity index (χ1) is 18.4. The number of likely N-dealkylation sites (tertiary alicyclic amines) is 1. The molecular formula is C26H33N9O3. The SMILES string of the molecule is CC(C=O)CN1CC(Oc2nc3c(N4CCOCC4)nc(-n4c(N(C)C)nc5ccccc54)nc3n2C)C1. The first-order valence-corrected chi connectivity index (χ1v) is 13.0. The Labute approximate surface area is 220 Å². The van der Waals surface area contributed by atoms with Gasteiger partial charge in [-0.05, 0) is 12.1 Å². The second kappa shape index (κ2) is 9.84. The number of aldehydes is 1. The normalized spacial score (nSPS) is 17.6. The fourth-order valence-electron chi connectivity index (χ4n) is 5.07. The number of hydrogen-bond donors (Lipinski definition) is 0. The molecule has 0 N–H and O–H groups in total. The van der Waals surface area contributed by atoms with Crippen molar-refractivity contribution in [1.29, 1.82) is 0 Å². The molecule has 0 spiro atoms. The molecule has 38 heavy (non-hydrogen) atoms. The van der Waals surface area contributed by atoms with Gasteiger partial charge in [-0.2, -0.15) is 15.0 Å². The molecule has 12 heteroatoms. The second-order valence-electron chi connectivity index (χ2n) is 10.3. The fraction of sp³-hybridized carbons (Fsp3) is 0.500. The number of anilines is 2. The standard InChI is InChI=1S/C26H33N9O3/c1-17(16-36)13-33-14-18(15-33)38-26-28-21-22(32(26)4)29-24(30-23(21)34-9-11-37-12-10-34)35-20-8-6-5-7-19(20)27-25(35)31(2)3/h5-8,16-18H,9-15H2,1-4H3. The number of benzene rings is 1. The topological polar surface area (TPSA) is 107 Å². The van der Waals surface area contributed by atoms with Gasteiger partial charge in [-0.15, -0.1) is 0 Å². The van der Waals surface area contributed by atoms with E-state index in [-0.39, 0.29) is 12.0 Å². The molecule has 1 atom stereocenters. The zero-order chi connectivity index (χ0) is 26.4.